The molecule has 0 aliphatic carbocycles. The van der Waals surface area contributed by atoms with Gasteiger partial charge in [-0.3, -0.25) is 4.79 Å². The maximum absolute atomic E-state index is 12.6. The standard InChI is InChI=1S/C16H17NO5/c1-9-4-3-5-11-6-12(22-14(9)11)15(18)17-7-10(2)21-13(8-17)16(19)20/h3-6,10,13H,7-8H2,1-2H3,(H,19,20)/t10-,13?/m1/s1. The van der Waals surface area contributed by atoms with Crippen LogP contribution in [0, 0.1) is 6.92 Å². The van der Waals surface area contributed by atoms with Crippen LogP contribution in [0.2, 0.25) is 0 Å². The van der Waals surface area contributed by atoms with Gasteiger partial charge < -0.3 is 19.2 Å². The molecule has 2 atom stereocenters. The van der Waals surface area contributed by atoms with Gasteiger partial charge in [0.15, 0.2) is 11.9 Å². The molecule has 0 saturated carbocycles. The smallest absolute Gasteiger partial charge is 0.334 e. The van der Waals surface area contributed by atoms with Crippen molar-refractivity contribution in [2.24, 2.45) is 0 Å². The van der Waals surface area contributed by atoms with E-state index in [4.69, 9.17) is 14.3 Å². The molecular formula is C16H17NO5. The molecule has 6 heteroatoms. The molecule has 116 valence electrons. The number of benzene rings is 1. The van der Waals surface area contributed by atoms with Crippen molar-refractivity contribution >= 4 is 22.8 Å². The second-order valence-corrected chi connectivity index (χ2v) is 5.59. The Bertz CT molecular complexity index is 735. The van der Waals surface area contributed by atoms with E-state index in [0.29, 0.717) is 12.1 Å². The van der Waals surface area contributed by atoms with E-state index >= 15 is 0 Å². The van der Waals surface area contributed by atoms with Gasteiger partial charge in [0, 0.05) is 11.9 Å². The largest absolute Gasteiger partial charge is 0.479 e. The summed E-state index contributed by atoms with van der Waals surface area (Å²) in [4.78, 5) is 25.2. The molecule has 3 rings (SSSR count). The molecule has 6 nitrogen and oxygen atoms in total. The normalized spacial score (nSPS) is 22.0. The van der Waals surface area contributed by atoms with Crippen molar-refractivity contribution < 1.29 is 23.8 Å². The van der Waals surface area contributed by atoms with Crippen molar-refractivity contribution in [3.63, 3.8) is 0 Å². The van der Waals surface area contributed by atoms with Crippen LogP contribution >= 0.6 is 0 Å². The fourth-order valence-electron chi connectivity index (χ4n) is 2.72. The molecule has 0 radical (unpaired) electrons. The molecule has 0 spiro atoms. The van der Waals surface area contributed by atoms with Crippen LogP contribution in [0.5, 0.6) is 0 Å². The molecule has 1 N–H and O–H groups in total. The number of aliphatic carboxylic acids is 1. The molecule has 1 unspecified atom stereocenters. The number of rotatable bonds is 2. The maximum Gasteiger partial charge on any atom is 0.334 e. The monoisotopic (exact) mass is 303 g/mol. The average Bonchev–Trinajstić information content (AvgIpc) is 2.91. The number of amides is 1. The number of carbonyl (C=O) groups excluding carboxylic acids is 1. The molecule has 1 amide bonds. The lowest BCUT2D eigenvalue weighted by Crippen LogP contribution is -2.51. The van der Waals surface area contributed by atoms with Crippen LogP contribution in [-0.4, -0.2) is 47.2 Å². The summed E-state index contributed by atoms with van der Waals surface area (Å²) in [5.74, 6) is -1.15. The van der Waals surface area contributed by atoms with Crippen LogP contribution in [0.15, 0.2) is 28.7 Å². The highest BCUT2D eigenvalue weighted by Crippen LogP contribution is 2.24. The van der Waals surface area contributed by atoms with E-state index in [1.807, 2.05) is 25.1 Å². The molecule has 1 saturated heterocycles. The number of furan rings is 1. The average molecular weight is 303 g/mol. The van der Waals surface area contributed by atoms with Gasteiger partial charge in [0.2, 0.25) is 0 Å². The van der Waals surface area contributed by atoms with E-state index in [0.717, 1.165) is 10.9 Å². The van der Waals surface area contributed by atoms with Gasteiger partial charge in [-0.05, 0) is 25.5 Å². The molecule has 2 heterocycles. The van der Waals surface area contributed by atoms with Crippen molar-refractivity contribution in [3.05, 3.63) is 35.6 Å². The Morgan fingerprint density at radius 3 is 2.77 bits per heavy atom. The van der Waals surface area contributed by atoms with Crippen molar-refractivity contribution in [3.8, 4) is 0 Å². The Hall–Kier alpha value is -2.34. The van der Waals surface area contributed by atoms with Crippen LogP contribution in [0.3, 0.4) is 0 Å². The molecule has 1 fully saturated rings. The van der Waals surface area contributed by atoms with Gasteiger partial charge in [0.1, 0.15) is 5.58 Å². The third-order valence-corrected chi connectivity index (χ3v) is 3.77. The first-order valence-electron chi connectivity index (χ1n) is 7.12. The van der Waals surface area contributed by atoms with Crippen molar-refractivity contribution in [1.29, 1.82) is 0 Å². The van der Waals surface area contributed by atoms with Gasteiger partial charge in [-0.1, -0.05) is 18.2 Å². The fourth-order valence-corrected chi connectivity index (χ4v) is 2.72. The number of hydrogen-bond acceptors (Lipinski definition) is 4. The second-order valence-electron chi connectivity index (χ2n) is 5.59. The highest BCUT2D eigenvalue weighted by Gasteiger charge is 2.34. The Morgan fingerprint density at radius 1 is 1.32 bits per heavy atom. The molecule has 22 heavy (non-hydrogen) atoms. The summed E-state index contributed by atoms with van der Waals surface area (Å²) in [5, 5.41) is 9.95. The predicted octanol–water partition coefficient (Wildman–Crippen LogP) is 2.06. The number of aryl methyl sites for hydroxylation is 1. The molecular weight excluding hydrogens is 286 g/mol. The minimum atomic E-state index is -1.06. The van der Waals surface area contributed by atoms with Gasteiger partial charge in [-0.25, -0.2) is 4.79 Å². The minimum Gasteiger partial charge on any atom is -0.479 e. The van der Waals surface area contributed by atoms with Crippen LogP contribution in [0.4, 0.5) is 0 Å². The third kappa shape index (κ3) is 2.57. The van der Waals surface area contributed by atoms with Crippen LogP contribution in [-0.2, 0) is 9.53 Å². The number of carboxylic acids is 1. The maximum atomic E-state index is 12.6. The highest BCUT2D eigenvalue weighted by molar-refractivity contribution is 5.97. The lowest BCUT2D eigenvalue weighted by atomic mass is 10.1. The van der Waals surface area contributed by atoms with Gasteiger partial charge in [-0.2, -0.15) is 0 Å². The Balaban J connectivity index is 1.88. The highest BCUT2D eigenvalue weighted by atomic mass is 16.5. The van der Waals surface area contributed by atoms with E-state index in [2.05, 4.69) is 0 Å². The zero-order valence-corrected chi connectivity index (χ0v) is 12.4. The number of hydrogen-bond donors (Lipinski definition) is 1. The van der Waals surface area contributed by atoms with Crippen molar-refractivity contribution in [2.45, 2.75) is 26.1 Å². The predicted molar refractivity (Wildman–Crippen MR) is 78.8 cm³/mol. The quantitative estimate of drug-likeness (QED) is 0.918. The van der Waals surface area contributed by atoms with Crippen LogP contribution in [0.1, 0.15) is 23.0 Å². The van der Waals surface area contributed by atoms with E-state index in [-0.39, 0.29) is 24.3 Å². The summed E-state index contributed by atoms with van der Waals surface area (Å²) in [6.45, 7) is 4.03. The van der Waals surface area contributed by atoms with Gasteiger partial charge in [-0.15, -0.1) is 0 Å². The lowest BCUT2D eigenvalue weighted by Gasteiger charge is -2.34. The first-order valence-corrected chi connectivity index (χ1v) is 7.12. The first-order chi connectivity index (χ1) is 10.5. The van der Waals surface area contributed by atoms with Gasteiger partial charge >= 0.3 is 5.97 Å². The number of morpholine rings is 1. The Kier molecular flexibility index (Phi) is 3.62. The summed E-state index contributed by atoms with van der Waals surface area (Å²) >= 11 is 0. The summed E-state index contributed by atoms with van der Waals surface area (Å²) in [7, 11) is 0. The third-order valence-electron chi connectivity index (χ3n) is 3.77. The minimum absolute atomic E-state index is 0.0224. The molecule has 1 aliphatic rings. The zero-order chi connectivity index (χ0) is 15.9. The SMILES string of the molecule is Cc1cccc2cc(C(=O)N3CC(C(=O)O)O[C@H](C)C3)oc12. The summed E-state index contributed by atoms with van der Waals surface area (Å²) in [6, 6.07) is 7.39. The molecule has 1 aliphatic heterocycles. The Morgan fingerprint density at radius 2 is 2.09 bits per heavy atom. The molecule has 1 aromatic heterocycles. The fraction of sp³-hybridized carbons (Fsp3) is 0.375. The molecule has 0 bridgehead atoms. The molecule has 1 aromatic carbocycles. The van der Waals surface area contributed by atoms with Crippen molar-refractivity contribution in [2.75, 3.05) is 13.1 Å². The van der Waals surface area contributed by atoms with Gasteiger partial charge in [0.25, 0.3) is 5.91 Å². The van der Waals surface area contributed by atoms with E-state index in [1.54, 1.807) is 13.0 Å². The number of nitrogens with zero attached hydrogens (tertiary/aromatic N) is 1. The number of carboxylic acid groups (broad SMARTS) is 1. The number of ether oxygens (including phenoxy) is 1. The van der Waals surface area contributed by atoms with Gasteiger partial charge in [0.05, 0.1) is 12.6 Å². The first kappa shape index (κ1) is 14.6. The van der Waals surface area contributed by atoms with E-state index in [9.17, 15) is 9.59 Å². The lowest BCUT2D eigenvalue weighted by molar-refractivity contribution is -0.160. The Labute approximate surface area is 127 Å². The van der Waals surface area contributed by atoms with Crippen LogP contribution < -0.4 is 0 Å². The van der Waals surface area contributed by atoms with Crippen molar-refractivity contribution in [1.82, 2.24) is 4.90 Å². The summed E-state index contributed by atoms with van der Waals surface area (Å²) < 4.78 is 11.0. The summed E-state index contributed by atoms with van der Waals surface area (Å²) in [5.41, 5.74) is 1.64. The molecule has 2 aromatic rings. The number of carbonyl (C=O) groups is 2. The second kappa shape index (κ2) is 5.46. The van der Waals surface area contributed by atoms with E-state index in [1.165, 1.54) is 4.90 Å². The van der Waals surface area contributed by atoms with E-state index < -0.39 is 12.1 Å². The summed E-state index contributed by atoms with van der Waals surface area (Å²) in [6.07, 6.45) is -1.33. The van der Waals surface area contributed by atoms with Crippen LogP contribution in [0.25, 0.3) is 11.0 Å². The number of fused-ring (bicyclic) bond motifs is 1. The zero-order valence-electron chi connectivity index (χ0n) is 12.4. The topological polar surface area (TPSA) is 80.0 Å². The number of para-hydroxylation sites is 1.